The Kier molecular flexibility index (Phi) is 7.19. The lowest BCUT2D eigenvalue weighted by Crippen LogP contribution is -2.42. The molecule has 2 rings (SSSR count). The van der Waals surface area contributed by atoms with Gasteiger partial charge in [0.2, 0.25) is 0 Å². The minimum absolute atomic E-state index is 0.271. The van der Waals surface area contributed by atoms with E-state index in [-0.39, 0.29) is 11.9 Å². The van der Waals surface area contributed by atoms with Crippen LogP contribution in [-0.4, -0.2) is 30.5 Å². The first kappa shape index (κ1) is 20.4. The molecule has 0 bridgehead atoms. The predicted octanol–water partition coefficient (Wildman–Crippen LogP) is 4.31. The van der Waals surface area contributed by atoms with Crippen molar-refractivity contribution in [2.75, 3.05) is 13.8 Å². The fraction of sp³-hybridized carbons (Fsp3) is 0.381. The third-order valence-corrected chi connectivity index (χ3v) is 7.10. The van der Waals surface area contributed by atoms with Crippen molar-refractivity contribution in [3.05, 3.63) is 66.2 Å². The topological polar surface area (TPSA) is 46.6 Å². The summed E-state index contributed by atoms with van der Waals surface area (Å²) < 4.78 is 20.8. The molecule has 2 aromatic rings. The first-order chi connectivity index (χ1) is 12.4. The van der Waals surface area contributed by atoms with Crippen LogP contribution in [0.2, 0.25) is 0 Å². The maximum Gasteiger partial charge on any atom is 0.323 e. The maximum absolute atomic E-state index is 13.9. The molecule has 0 saturated heterocycles. The Morgan fingerprint density at radius 3 is 2.08 bits per heavy atom. The highest BCUT2D eigenvalue weighted by molar-refractivity contribution is 7.68. The summed E-state index contributed by atoms with van der Waals surface area (Å²) in [5.41, 5.74) is 1.02. The third-order valence-electron chi connectivity index (χ3n) is 4.44. The standard InChI is InChI=1S/C21H28NO3P/c1-17(2)15-20(21(23)25-3)22(16-18-11-7-5-8-12-18)26(4,24)19-13-9-6-10-14-19/h5-14,17,20H,15-16H2,1-4H3/t20-,26?/m0/s1. The average Bonchev–Trinajstić information content (AvgIpc) is 2.65. The molecule has 0 aromatic heterocycles. The Morgan fingerprint density at radius 2 is 1.58 bits per heavy atom. The number of benzene rings is 2. The molecule has 0 heterocycles. The summed E-state index contributed by atoms with van der Waals surface area (Å²) in [6, 6.07) is 18.6. The van der Waals surface area contributed by atoms with Gasteiger partial charge in [0.1, 0.15) is 6.04 Å². The molecule has 0 saturated carbocycles. The van der Waals surface area contributed by atoms with Crippen molar-refractivity contribution in [1.82, 2.24) is 4.67 Å². The van der Waals surface area contributed by atoms with Crippen molar-refractivity contribution in [2.45, 2.75) is 32.9 Å². The van der Waals surface area contributed by atoms with E-state index in [1.54, 1.807) is 6.66 Å². The molecule has 0 aliphatic heterocycles. The van der Waals surface area contributed by atoms with Crippen LogP contribution >= 0.6 is 7.29 Å². The second-order valence-corrected chi connectivity index (χ2v) is 9.75. The molecule has 1 unspecified atom stereocenters. The van der Waals surface area contributed by atoms with E-state index in [9.17, 15) is 9.36 Å². The molecule has 0 radical (unpaired) electrons. The first-order valence-electron chi connectivity index (χ1n) is 8.88. The Hall–Kier alpha value is -1.90. The van der Waals surface area contributed by atoms with Gasteiger partial charge in [-0.1, -0.05) is 74.5 Å². The lowest BCUT2D eigenvalue weighted by molar-refractivity contribution is -0.145. The van der Waals surface area contributed by atoms with Gasteiger partial charge in [-0.25, -0.2) is 4.67 Å². The Balaban J connectivity index is 2.49. The number of hydrogen-bond acceptors (Lipinski definition) is 3. The van der Waals surface area contributed by atoms with Gasteiger partial charge in [0.05, 0.1) is 7.11 Å². The van der Waals surface area contributed by atoms with Crippen LogP contribution < -0.4 is 5.30 Å². The van der Waals surface area contributed by atoms with E-state index in [1.807, 2.05) is 65.3 Å². The van der Waals surface area contributed by atoms with Crippen molar-refractivity contribution in [1.29, 1.82) is 0 Å². The zero-order chi connectivity index (χ0) is 19.2. The SMILES string of the molecule is COC(=O)[C@H](CC(C)C)N(Cc1ccccc1)P(C)(=O)c1ccccc1. The van der Waals surface area contributed by atoms with Gasteiger partial charge < -0.3 is 9.30 Å². The average molecular weight is 373 g/mol. The molecular weight excluding hydrogens is 345 g/mol. The quantitative estimate of drug-likeness (QED) is 0.511. The molecule has 26 heavy (non-hydrogen) atoms. The fourth-order valence-electron chi connectivity index (χ4n) is 3.06. The normalized spacial score (nSPS) is 14.8. The van der Waals surface area contributed by atoms with Gasteiger partial charge in [-0.3, -0.25) is 4.79 Å². The van der Waals surface area contributed by atoms with Crippen LogP contribution in [0.3, 0.4) is 0 Å². The van der Waals surface area contributed by atoms with Gasteiger partial charge in [-0.2, -0.15) is 0 Å². The van der Waals surface area contributed by atoms with Crippen molar-refractivity contribution < 1.29 is 14.1 Å². The molecule has 4 nitrogen and oxygen atoms in total. The summed E-state index contributed by atoms with van der Waals surface area (Å²) >= 11 is 0. The zero-order valence-electron chi connectivity index (χ0n) is 16.0. The van der Waals surface area contributed by atoms with Crippen LogP contribution in [0.25, 0.3) is 0 Å². The molecule has 2 atom stereocenters. The van der Waals surface area contributed by atoms with Gasteiger partial charge in [0, 0.05) is 18.5 Å². The Morgan fingerprint density at radius 1 is 1.04 bits per heavy atom. The number of esters is 1. The Bertz CT molecular complexity index is 746. The summed E-state index contributed by atoms with van der Waals surface area (Å²) in [7, 11) is -1.58. The smallest absolute Gasteiger partial charge is 0.323 e. The highest BCUT2D eigenvalue weighted by atomic mass is 31.2. The van der Waals surface area contributed by atoms with E-state index < -0.39 is 13.3 Å². The number of ether oxygens (including phenoxy) is 1. The predicted molar refractivity (Wildman–Crippen MR) is 107 cm³/mol. The molecule has 2 aromatic carbocycles. The van der Waals surface area contributed by atoms with Gasteiger partial charge in [0.15, 0.2) is 7.29 Å². The largest absolute Gasteiger partial charge is 0.468 e. The third kappa shape index (κ3) is 5.06. The summed E-state index contributed by atoms with van der Waals surface area (Å²) in [5.74, 6) is -0.0687. The molecule has 0 amide bonds. The molecular formula is C21H28NO3P. The number of nitrogens with zero attached hydrogens (tertiary/aromatic N) is 1. The molecule has 140 valence electrons. The Labute approximate surface area is 156 Å². The van der Waals surface area contributed by atoms with Gasteiger partial charge in [-0.05, 0) is 17.9 Å². The van der Waals surface area contributed by atoms with Gasteiger partial charge in [-0.15, -0.1) is 0 Å². The lowest BCUT2D eigenvalue weighted by Gasteiger charge is -2.35. The zero-order valence-corrected chi connectivity index (χ0v) is 16.9. The lowest BCUT2D eigenvalue weighted by atomic mass is 10.0. The van der Waals surface area contributed by atoms with Crippen LogP contribution in [0.4, 0.5) is 0 Å². The molecule has 0 N–H and O–H groups in total. The molecule has 0 fully saturated rings. The van der Waals surface area contributed by atoms with E-state index in [0.717, 1.165) is 10.9 Å². The molecule has 0 aliphatic rings. The number of carbonyl (C=O) groups is 1. The van der Waals surface area contributed by atoms with Crippen LogP contribution in [0.1, 0.15) is 25.8 Å². The van der Waals surface area contributed by atoms with Gasteiger partial charge in [0.25, 0.3) is 0 Å². The number of methoxy groups -OCH3 is 1. The first-order valence-corrected chi connectivity index (χ1v) is 11.0. The van der Waals surface area contributed by atoms with Crippen LogP contribution in [0, 0.1) is 5.92 Å². The maximum atomic E-state index is 13.9. The molecule has 0 spiro atoms. The van der Waals surface area contributed by atoms with Crippen molar-refractivity contribution in [3.63, 3.8) is 0 Å². The summed E-state index contributed by atoms with van der Waals surface area (Å²) in [5, 5.41) is 0.744. The van der Waals surface area contributed by atoms with E-state index in [0.29, 0.717) is 13.0 Å². The van der Waals surface area contributed by atoms with Crippen molar-refractivity contribution in [2.24, 2.45) is 5.92 Å². The summed E-state index contributed by atoms with van der Waals surface area (Å²) in [6.45, 7) is 6.27. The monoisotopic (exact) mass is 373 g/mol. The van der Waals surface area contributed by atoms with Crippen LogP contribution in [-0.2, 0) is 20.6 Å². The summed E-state index contributed by atoms with van der Waals surface area (Å²) in [6.07, 6.45) is 0.587. The van der Waals surface area contributed by atoms with E-state index in [2.05, 4.69) is 13.8 Å². The minimum Gasteiger partial charge on any atom is -0.468 e. The molecule has 5 heteroatoms. The van der Waals surface area contributed by atoms with E-state index in [4.69, 9.17) is 4.74 Å². The van der Waals surface area contributed by atoms with E-state index in [1.165, 1.54) is 7.11 Å². The summed E-state index contributed by atoms with van der Waals surface area (Å²) in [4.78, 5) is 12.6. The second-order valence-electron chi connectivity index (χ2n) is 6.97. The van der Waals surface area contributed by atoms with Crippen LogP contribution in [0.5, 0.6) is 0 Å². The van der Waals surface area contributed by atoms with Crippen molar-refractivity contribution in [3.8, 4) is 0 Å². The number of rotatable bonds is 8. The second kappa shape index (κ2) is 9.16. The van der Waals surface area contributed by atoms with Crippen LogP contribution in [0.15, 0.2) is 60.7 Å². The molecule has 0 aliphatic carbocycles. The number of carbonyl (C=O) groups excluding carboxylic acids is 1. The van der Waals surface area contributed by atoms with Crippen molar-refractivity contribution >= 4 is 18.6 Å². The van der Waals surface area contributed by atoms with Gasteiger partial charge >= 0.3 is 5.97 Å². The highest BCUT2D eigenvalue weighted by Crippen LogP contribution is 2.48. The highest BCUT2D eigenvalue weighted by Gasteiger charge is 2.38. The fourth-order valence-corrected chi connectivity index (χ4v) is 5.23. The van der Waals surface area contributed by atoms with E-state index >= 15 is 0 Å². The number of hydrogen-bond donors (Lipinski definition) is 0. The minimum atomic E-state index is -2.97.